The van der Waals surface area contributed by atoms with Gasteiger partial charge in [-0.1, -0.05) is 38.5 Å². The zero-order valence-corrected chi connectivity index (χ0v) is 13.3. The molecule has 22 heavy (non-hydrogen) atoms. The number of carbonyl (C=O) groups is 1. The number of ether oxygens (including phenoxy) is 1. The average molecular weight is 302 g/mol. The van der Waals surface area contributed by atoms with Crippen molar-refractivity contribution in [1.29, 1.82) is 0 Å². The van der Waals surface area contributed by atoms with E-state index in [4.69, 9.17) is 9.15 Å². The SMILES string of the molecule is CC(C)CCCC(C)OC(=O)c1cc(=O)oc2ccccc12. The van der Waals surface area contributed by atoms with E-state index in [9.17, 15) is 9.59 Å². The lowest BCUT2D eigenvalue weighted by Crippen LogP contribution is -2.17. The molecular weight excluding hydrogens is 280 g/mol. The second kappa shape index (κ2) is 7.25. The zero-order valence-electron chi connectivity index (χ0n) is 13.3. The number of hydrogen-bond donors (Lipinski definition) is 0. The third-order valence-electron chi connectivity index (χ3n) is 3.57. The molecule has 1 atom stereocenters. The number of esters is 1. The topological polar surface area (TPSA) is 56.5 Å². The van der Waals surface area contributed by atoms with Gasteiger partial charge in [0, 0.05) is 11.5 Å². The highest BCUT2D eigenvalue weighted by Crippen LogP contribution is 2.19. The maximum absolute atomic E-state index is 12.3. The van der Waals surface area contributed by atoms with E-state index in [2.05, 4.69) is 13.8 Å². The number of benzene rings is 1. The second-order valence-electron chi connectivity index (χ2n) is 6.02. The van der Waals surface area contributed by atoms with Crippen molar-refractivity contribution < 1.29 is 13.9 Å². The molecular formula is C18H22O4. The molecule has 4 heteroatoms. The minimum atomic E-state index is -0.543. The van der Waals surface area contributed by atoms with E-state index in [0.717, 1.165) is 19.3 Å². The van der Waals surface area contributed by atoms with Gasteiger partial charge in [0.25, 0.3) is 0 Å². The predicted octanol–water partition coefficient (Wildman–Crippen LogP) is 4.16. The third kappa shape index (κ3) is 4.20. The maximum atomic E-state index is 12.3. The van der Waals surface area contributed by atoms with Gasteiger partial charge >= 0.3 is 11.6 Å². The van der Waals surface area contributed by atoms with Gasteiger partial charge in [0.1, 0.15) is 5.58 Å². The lowest BCUT2D eigenvalue weighted by Gasteiger charge is -2.14. The summed E-state index contributed by atoms with van der Waals surface area (Å²) in [4.78, 5) is 23.9. The Morgan fingerprint density at radius 3 is 2.64 bits per heavy atom. The van der Waals surface area contributed by atoms with Crippen LogP contribution in [-0.2, 0) is 4.74 Å². The van der Waals surface area contributed by atoms with E-state index in [1.54, 1.807) is 24.3 Å². The Morgan fingerprint density at radius 2 is 1.91 bits per heavy atom. The summed E-state index contributed by atoms with van der Waals surface area (Å²) in [5.74, 6) is 0.173. The molecule has 2 aromatic rings. The van der Waals surface area contributed by atoms with Crippen LogP contribution in [0.2, 0.25) is 0 Å². The summed E-state index contributed by atoms with van der Waals surface area (Å²) in [6.45, 7) is 6.23. The smallest absolute Gasteiger partial charge is 0.339 e. The molecule has 0 N–H and O–H groups in total. The molecule has 0 fully saturated rings. The Kier molecular flexibility index (Phi) is 5.36. The molecule has 0 spiro atoms. The summed E-state index contributed by atoms with van der Waals surface area (Å²) in [5, 5.41) is 0.599. The largest absolute Gasteiger partial charge is 0.459 e. The number of fused-ring (bicyclic) bond motifs is 1. The van der Waals surface area contributed by atoms with Gasteiger partial charge < -0.3 is 9.15 Å². The fourth-order valence-corrected chi connectivity index (χ4v) is 2.40. The molecule has 0 aliphatic carbocycles. The highest BCUT2D eigenvalue weighted by Gasteiger charge is 2.17. The Bertz CT molecular complexity index is 700. The van der Waals surface area contributed by atoms with Gasteiger partial charge in [0.2, 0.25) is 0 Å². The Labute approximate surface area is 130 Å². The lowest BCUT2D eigenvalue weighted by atomic mass is 10.0. The minimum absolute atomic E-state index is 0.169. The number of hydrogen-bond acceptors (Lipinski definition) is 4. The van der Waals surface area contributed by atoms with Crippen molar-refractivity contribution in [2.45, 2.75) is 46.1 Å². The molecule has 0 amide bonds. The minimum Gasteiger partial charge on any atom is -0.459 e. The zero-order chi connectivity index (χ0) is 16.1. The summed E-state index contributed by atoms with van der Waals surface area (Å²) in [6, 6.07) is 8.17. The molecule has 4 nitrogen and oxygen atoms in total. The van der Waals surface area contributed by atoms with E-state index in [1.807, 2.05) is 6.92 Å². The van der Waals surface area contributed by atoms with Crippen LogP contribution in [0.4, 0.5) is 0 Å². The maximum Gasteiger partial charge on any atom is 0.339 e. The highest BCUT2D eigenvalue weighted by molar-refractivity contribution is 6.02. The van der Waals surface area contributed by atoms with Crippen molar-refractivity contribution in [2.24, 2.45) is 5.92 Å². The van der Waals surface area contributed by atoms with E-state index >= 15 is 0 Å². The Hall–Kier alpha value is -2.10. The summed E-state index contributed by atoms with van der Waals surface area (Å²) in [5.41, 5.74) is 0.120. The van der Waals surface area contributed by atoms with E-state index in [-0.39, 0.29) is 11.7 Å². The third-order valence-corrected chi connectivity index (χ3v) is 3.57. The number of para-hydroxylation sites is 1. The van der Waals surface area contributed by atoms with Crippen LogP contribution in [0, 0.1) is 5.92 Å². The molecule has 0 aliphatic rings. The summed E-state index contributed by atoms with van der Waals surface area (Å²) < 4.78 is 10.5. The van der Waals surface area contributed by atoms with Gasteiger partial charge in [-0.05, 0) is 31.7 Å². The summed E-state index contributed by atoms with van der Waals surface area (Å²) >= 11 is 0. The van der Waals surface area contributed by atoms with E-state index < -0.39 is 11.6 Å². The second-order valence-corrected chi connectivity index (χ2v) is 6.02. The Balaban J connectivity index is 2.11. The first-order chi connectivity index (χ1) is 10.5. The first kappa shape index (κ1) is 16.3. The molecule has 1 heterocycles. The molecule has 2 rings (SSSR count). The van der Waals surface area contributed by atoms with Crippen molar-refractivity contribution in [1.82, 2.24) is 0 Å². The molecule has 1 unspecified atom stereocenters. The van der Waals surface area contributed by atoms with Crippen LogP contribution in [0.25, 0.3) is 11.0 Å². The van der Waals surface area contributed by atoms with Crippen molar-refractivity contribution in [3.8, 4) is 0 Å². The van der Waals surface area contributed by atoms with Gasteiger partial charge in [-0.3, -0.25) is 0 Å². The van der Waals surface area contributed by atoms with Gasteiger partial charge in [-0.2, -0.15) is 0 Å². The molecule has 0 saturated heterocycles. The van der Waals surface area contributed by atoms with Crippen LogP contribution in [-0.4, -0.2) is 12.1 Å². The van der Waals surface area contributed by atoms with Crippen LogP contribution >= 0.6 is 0 Å². The standard InChI is InChI=1S/C18H22O4/c1-12(2)7-6-8-13(3)21-18(20)15-11-17(19)22-16-10-5-4-9-14(15)16/h4-5,9-13H,6-8H2,1-3H3. The first-order valence-electron chi connectivity index (χ1n) is 7.71. The van der Waals surface area contributed by atoms with Crippen LogP contribution < -0.4 is 5.63 Å². The summed E-state index contributed by atoms with van der Waals surface area (Å²) in [7, 11) is 0. The van der Waals surface area contributed by atoms with Crippen LogP contribution in [0.3, 0.4) is 0 Å². The van der Waals surface area contributed by atoms with Crippen molar-refractivity contribution in [3.63, 3.8) is 0 Å². The van der Waals surface area contributed by atoms with Crippen molar-refractivity contribution in [2.75, 3.05) is 0 Å². The van der Waals surface area contributed by atoms with Crippen LogP contribution in [0.1, 0.15) is 50.4 Å². The summed E-state index contributed by atoms with van der Waals surface area (Å²) in [6.07, 6.45) is 2.78. The fourth-order valence-electron chi connectivity index (χ4n) is 2.40. The number of carbonyl (C=O) groups excluding carboxylic acids is 1. The molecule has 0 radical (unpaired) electrons. The molecule has 1 aromatic carbocycles. The van der Waals surface area contributed by atoms with Crippen LogP contribution in [0.5, 0.6) is 0 Å². The van der Waals surface area contributed by atoms with Gasteiger partial charge in [-0.25, -0.2) is 9.59 Å². The fraction of sp³-hybridized carbons (Fsp3) is 0.444. The number of rotatable bonds is 6. The first-order valence-corrected chi connectivity index (χ1v) is 7.71. The Morgan fingerprint density at radius 1 is 1.18 bits per heavy atom. The van der Waals surface area contributed by atoms with Gasteiger partial charge in [0.15, 0.2) is 0 Å². The van der Waals surface area contributed by atoms with Gasteiger partial charge in [0.05, 0.1) is 11.7 Å². The molecule has 1 aromatic heterocycles. The van der Waals surface area contributed by atoms with Crippen LogP contribution in [0.15, 0.2) is 39.5 Å². The quantitative estimate of drug-likeness (QED) is 0.593. The molecule has 0 bridgehead atoms. The van der Waals surface area contributed by atoms with Crippen molar-refractivity contribution >= 4 is 16.9 Å². The van der Waals surface area contributed by atoms with Crippen molar-refractivity contribution in [3.05, 3.63) is 46.3 Å². The van der Waals surface area contributed by atoms with E-state index in [1.165, 1.54) is 6.07 Å². The van der Waals surface area contributed by atoms with E-state index in [0.29, 0.717) is 16.9 Å². The highest BCUT2D eigenvalue weighted by atomic mass is 16.5. The molecule has 0 aliphatic heterocycles. The predicted molar refractivity (Wildman–Crippen MR) is 86.1 cm³/mol. The molecule has 0 saturated carbocycles. The molecule has 118 valence electrons. The average Bonchev–Trinajstić information content (AvgIpc) is 2.45. The normalized spacial score (nSPS) is 12.5. The lowest BCUT2D eigenvalue weighted by molar-refractivity contribution is 0.0320. The van der Waals surface area contributed by atoms with Gasteiger partial charge in [-0.15, -0.1) is 0 Å². The monoisotopic (exact) mass is 302 g/mol.